The first-order chi connectivity index (χ1) is 16.5. The van der Waals surface area contributed by atoms with Crippen LogP contribution in [0.3, 0.4) is 0 Å². The Kier molecular flexibility index (Phi) is 6.32. The first-order valence-corrected chi connectivity index (χ1v) is 11.9. The second-order valence-electron chi connectivity index (χ2n) is 9.23. The van der Waals surface area contributed by atoms with Crippen molar-refractivity contribution in [3.63, 3.8) is 0 Å². The number of benzene rings is 1. The monoisotopic (exact) mass is 467 g/mol. The van der Waals surface area contributed by atoms with Gasteiger partial charge in [0, 0.05) is 36.9 Å². The first-order valence-electron chi connectivity index (χ1n) is 11.9. The maximum absolute atomic E-state index is 13.6. The van der Waals surface area contributed by atoms with Crippen LogP contribution in [-0.4, -0.2) is 44.7 Å². The minimum Gasteiger partial charge on any atom is -0.381 e. The lowest BCUT2D eigenvalue weighted by Gasteiger charge is -2.29. The molecular formula is C24H30FN7O2. The molecule has 4 N–H and O–H groups in total. The van der Waals surface area contributed by atoms with Gasteiger partial charge in [0.1, 0.15) is 11.3 Å². The molecule has 1 amide bonds. The number of primary amides is 1. The van der Waals surface area contributed by atoms with Gasteiger partial charge in [-0.3, -0.25) is 9.36 Å². The van der Waals surface area contributed by atoms with Gasteiger partial charge < -0.3 is 21.1 Å². The standard InChI is InChI=1S/C24H30FN7O2/c1-14-12-16(25)4-7-19(14)29-24-30-20-13-27-23(28-17-8-10-34-11-9-17)31-22(20)32(24)18-5-2-15(3-6-18)21(26)33/h4,7,12-13,15,17-18H,2-3,5-6,8-11H2,1H3,(H2,26,33)(H,29,30)(H,27,28,31). The molecule has 9 nitrogen and oxygen atoms in total. The summed E-state index contributed by atoms with van der Waals surface area (Å²) in [6, 6.07) is 5.00. The molecule has 0 unspecified atom stereocenters. The van der Waals surface area contributed by atoms with Crippen molar-refractivity contribution in [3.8, 4) is 0 Å². The van der Waals surface area contributed by atoms with Gasteiger partial charge in [-0.2, -0.15) is 4.98 Å². The van der Waals surface area contributed by atoms with Crippen molar-refractivity contribution in [1.82, 2.24) is 19.5 Å². The van der Waals surface area contributed by atoms with Gasteiger partial charge in [-0.1, -0.05) is 0 Å². The third kappa shape index (κ3) is 4.68. The first kappa shape index (κ1) is 22.5. The number of anilines is 3. The number of nitrogens with one attached hydrogen (secondary N) is 2. The lowest BCUT2D eigenvalue weighted by molar-refractivity contribution is -0.122. The van der Waals surface area contributed by atoms with Crippen molar-refractivity contribution in [2.75, 3.05) is 23.8 Å². The molecule has 2 aromatic heterocycles. The van der Waals surface area contributed by atoms with E-state index in [-0.39, 0.29) is 29.7 Å². The molecule has 2 fully saturated rings. The molecule has 180 valence electrons. The van der Waals surface area contributed by atoms with Crippen molar-refractivity contribution in [2.24, 2.45) is 11.7 Å². The van der Waals surface area contributed by atoms with Gasteiger partial charge in [-0.05, 0) is 69.2 Å². The number of carbonyl (C=O) groups is 1. The zero-order valence-corrected chi connectivity index (χ0v) is 19.3. The van der Waals surface area contributed by atoms with Crippen LogP contribution in [0.4, 0.5) is 22.0 Å². The molecule has 1 saturated heterocycles. The van der Waals surface area contributed by atoms with Gasteiger partial charge in [0.15, 0.2) is 5.65 Å². The van der Waals surface area contributed by atoms with Crippen LogP contribution in [0.2, 0.25) is 0 Å². The number of hydrogen-bond acceptors (Lipinski definition) is 7. The summed E-state index contributed by atoms with van der Waals surface area (Å²) in [7, 11) is 0. The maximum atomic E-state index is 13.6. The molecule has 1 aliphatic heterocycles. The zero-order valence-electron chi connectivity index (χ0n) is 19.3. The normalized spacial score (nSPS) is 21.5. The number of ether oxygens (including phenoxy) is 1. The molecule has 1 aliphatic carbocycles. The average molecular weight is 468 g/mol. The number of rotatable bonds is 6. The van der Waals surface area contributed by atoms with Crippen molar-refractivity contribution in [1.29, 1.82) is 0 Å². The minimum atomic E-state index is -0.281. The summed E-state index contributed by atoms with van der Waals surface area (Å²) < 4.78 is 21.2. The zero-order chi connectivity index (χ0) is 23.7. The topological polar surface area (TPSA) is 120 Å². The van der Waals surface area contributed by atoms with Gasteiger partial charge in [0.2, 0.25) is 17.8 Å². The largest absolute Gasteiger partial charge is 0.381 e. The van der Waals surface area contributed by atoms with Crippen LogP contribution >= 0.6 is 0 Å². The smallest absolute Gasteiger partial charge is 0.224 e. The van der Waals surface area contributed by atoms with E-state index in [0.717, 1.165) is 68.6 Å². The van der Waals surface area contributed by atoms with Gasteiger partial charge in [-0.15, -0.1) is 0 Å². The Morgan fingerprint density at radius 3 is 2.62 bits per heavy atom. The fourth-order valence-corrected chi connectivity index (χ4v) is 4.93. The highest BCUT2D eigenvalue weighted by molar-refractivity contribution is 5.78. The highest BCUT2D eigenvalue weighted by Crippen LogP contribution is 2.37. The molecule has 2 aliphatic rings. The number of imidazole rings is 1. The predicted octanol–water partition coefficient (Wildman–Crippen LogP) is 3.82. The summed E-state index contributed by atoms with van der Waals surface area (Å²) in [4.78, 5) is 25.8. The predicted molar refractivity (Wildman–Crippen MR) is 127 cm³/mol. The second kappa shape index (κ2) is 9.54. The molecule has 1 aromatic carbocycles. The summed E-state index contributed by atoms with van der Waals surface area (Å²) >= 11 is 0. The minimum absolute atomic E-state index is 0.0952. The Balaban J connectivity index is 1.50. The fraction of sp³-hybridized carbons (Fsp3) is 0.500. The van der Waals surface area contributed by atoms with E-state index in [2.05, 4.69) is 20.2 Å². The quantitative estimate of drug-likeness (QED) is 0.504. The Hall–Kier alpha value is -3.27. The van der Waals surface area contributed by atoms with Gasteiger partial charge in [0.05, 0.1) is 6.20 Å². The number of halogens is 1. The van der Waals surface area contributed by atoms with E-state index in [1.807, 2.05) is 6.92 Å². The van der Waals surface area contributed by atoms with Gasteiger partial charge in [-0.25, -0.2) is 14.4 Å². The van der Waals surface area contributed by atoms with Gasteiger partial charge >= 0.3 is 0 Å². The van der Waals surface area contributed by atoms with E-state index < -0.39 is 0 Å². The van der Waals surface area contributed by atoms with Crippen LogP contribution in [0, 0.1) is 18.7 Å². The number of hydrogen-bond donors (Lipinski definition) is 3. The molecule has 0 radical (unpaired) electrons. The second-order valence-corrected chi connectivity index (χ2v) is 9.23. The lowest BCUT2D eigenvalue weighted by Crippen LogP contribution is -2.29. The average Bonchev–Trinajstić information content (AvgIpc) is 3.19. The van der Waals surface area contributed by atoms with E-state index in [0.29, 0.717) is 17.4 Å². The SMILES string of the molecule is Cc1cc(F)ccc1Nc1nc2cnc(NC3CCOCC3)nc2n1C1CCC(C(N)=O)CC1. The molecule has 10 heteroatoms. The van der Waals surface area contributed by atoms with Crippen LogP contribution in [-0.2, 0) is 9.53 Å². The number of nitrogens with zero attached hydrogens (tertiary/aromatic N) is 4. The van der Waals surface area contributed by atoms with Crippen molar-refractivity contribution >= 4 is 34.7 Å². The molecule has 0 bridgehead atoms. The van der Waals surface area contributed by atoms with Crippen LogP contribution < -0.4 is 16.4 Å². The van der Waals surface area contributed by atoms with Crippen LogP contribution in [0.25, 0.3) is 11.2 Å². The molecular weight excluding hydrogens is 437 g/mol. The Bertz CT molecular complexity index is 1180. The van der Waals surface area contributed by atoms with E-state index in [1.54, 1.807) is 12.3 Å². The number of amides is 1. The summed E-state index contributed by atoms with van der Waals surface area (Å²) in [5.74, 6) is 0.582. The third-order valence-electron chi connectivity index (χ3n) is 6.89. The number of aromatic nitrogens is 4. The van der Waals surface area contributed by atoms with Crippen LogP contribution in [0.1, 0.15) is 50.1 Å². The molecule has 34 heavy (non-hydrogen) atoms. The summed E-state index contributed by atoms with van der Waals surface area (Å²) in [5, 5.41) is 6.81. The molecule has 0 atom stereocenters. The summed E-state index contributed by atoms with van der Waals surface area (Å²) in [5.41, 5.74) is 8.52. The van der Waals surface area contributed by atoms with Crippen LogP contribution in [0.15, 0.2) is 24.4 Å². The number of aryl methyl sites for hydroxylation is 1. The third-order valence-corrected chi connectivity index (χ3v) is 6.89. The number of carbonyl (C=O) groups excluding carboxylic acids is 1. The number of fused-ring (bicyclic) bond motifs is 1. The van der Waals surface area contributed by atoms with Crippen molar-refractivity contribution < 1.29 is 13.9 Å². The van der Waals surface area contributed by atoms with E-state index in [4.69, 9.17) is 20.4 Å². The summed E-state index contributed by atoms with van der Waals surface area (Å²) in [6.07, 6.45) is 6.60. The Labute approximate surface area is 197 Å². The molecule has 1 saturated carbocycles. The van der Waals surface area contributed by atoms with E-state index >= 15 is 0 Å². The fourth-order valence-electron chi connectivity index (χ4n) is 4.93. The molecule has 3 aromatic rings. The Morgan fingerprint density at radius 2 is 1.91 bits per heavy atom. The summed E-state index contributed by atoms with van der Waals surface area (Å²) in [6.45, 7) is 3.31. The number of nitrogens with two attached hydrogens (primary N) is 1. The molecule has 3 heterocycles. The molecule has 5 rings (SSSR count). The highest BCUT2D eigenvalue weighted by Gasteiger charge is 2.29. The van der Waals surface area contributed by atoms with Gasteiger partial charge in [0.25, 0.3) is 0 Å². The van der Waals surface area contributed by atoms with Crippen molar-refractivity contribution in [3.05, 3.63) is 35.8 Å². The van der Waals surface area contributed by atoms with Crippen molar-refractivity contribution in [2.45, 2.75) is 57.5 Å². The lowest BCUT2D eigenvalue weighted by atomic mass is 9.85. The van der Waals surface area contributed by atoms with Crippen LogP contribution in [0.5, 0.6) is 0 Å². The highest BCUT2D eigenvalue weighted by atomic mass is 19.1. The maximum Gasteiger partial charge on any atom is 0.224 e. The van der Waals surface area contributed by atoms with E-state index in [9.17, 15) is 9.18 Å². The Morgan fingerprint density at radius 1 is 1.15 bits per heavy atom. The van der Waals surface area contributed by atoms with E-state index in [1.165, 1.54) is 12.1 Å². The molecule has 0 spiro atoms.